The zero-order chi connectivity index (χ0) is 12.3. The Balaban J connectivity index is 0.00000289. The molecule has 0 fully saturated rings. The third-order valence-electron chi connectivity index (χ3n) is 2.92. The third kappa shape index (κ3) is 7.57. The summed E-state index contributed by atoms with van der Waals surface area (Å²) in [6.07, 6.45) is 6.69. The monoisotopic (exact) mass is 271 g/mol. The Morgan fingerprint density at radius 3 is 2.61 bits per heavy atom. The van der Waals surface area contributed by atoms with Crippen LogP contribution in [-0.4, -0.2) is 13.7 Å². The molecule has 0 unspecified atom stereocenters. The van der Waals surface area contributed by atoms with E-state index in [1.165, 1.54) is 37.7 Å². The molecule has 0 atom stereocenters. The fraction of sp³-hybridized carbons (Fsp3) is 0.600. The van der Waals surface area contributed by atoms with Crippen LogP contribution in [0.5, 0.6) is 5.75 Å². The number of hydrogen-bond acceptors (Lipinski definition) is 2. The summed E-state index contributed by atoms with van der Waals surface area (Å²) in [6, 6.07) is 8.24. The zero-order valence-electron chi connectivity index (χ0n) is 11.6. The van der Waals surface area contributed by atoms with Gasteiger partial charge in [-0.2, -0.15) is 0 Å². The van der Waals surface area contributed by atoms with Crippen LogP contribution in [0.15, 0.2) is 24.3 Å². The summed E-state index contributed by atoms with van der Waals surface area (Å²) in [5, 5.41) is 3.47. The molecule has 3 heteroatoms. The van der Waals surface area contributed by atoms with Gasteiger partial charge in [0.2, 0.25) is 0 Å². The molecular formula is C15H26ClNO. The van der Waals surface area contributed by atoms with Gasteiger partial charge in [-0.1, -0.05) is 44.7 Å². The van der Waals surface area contributed by atoms with Crippen molar-refractivity contribution in [1.82, 2.24) is 5.32 Å². The van der Waals surface area contributed by atoms with Crippen molar-refractivity contribution in [3.8, 4) is 5.75 Å². The molecule has 0 saturated carbocycles. The van der Waals surface area contributed by atoms with E-state index in [2.05, 4.69) is 24.4 Å². The van der Waals surface area contributed by atoms with Gasteiger partial charge in [0.15, 0.2) is 0 Å². The number of rotatable bonds is 9. The number of halogens is 1. The van der Waals surface area contributed by atoms with E-state index in [1.54, 1.807) is 7.11 Å². The Morgan fingerprint density at radius 1 is 1.11 bits per heavy atom. The van der Waals surface area contributed by atoms with E-state index in [1.807, 2.05) is 12.1 Å². The van der Waals surface area contributed by atoms with E-state index < -0.39 is 0 Å². The number of methoxy groups -OCH3 is 1. The van der Waals surface area contributed by atoms with Gasteiger partial charge >= 0.3 is 0 Å². The van der Waals surface area contributed by atoms with Gasteiger partial charge in [0, 0.05) is 6.54 Å². The van der Waals surface area contributed by atoms with Crippen molar-refractivity contribution in [3.63, 3.8) is 0 Å². The van der Waals surface area contributed by atoms with Gasteiger partial charge in [0.25, 0.3) is 0 Å². The lowest BCUT2D eigenvalue weighted by molar-refractivity contribution is 0.414. The highest BCUT2D eigenvalue weighted by atomic mass is 35.5. The lowest BCUT2D eigenvalue weighted by Gasteiger charge is -2.06. The second kappa shape index (κ2) is 11.4. The molecule has 0 aliphatic rings. The van der Waals surface area contributed by atoms with E-state index in [0.717, 1.165) is 18.8 Å². The molecule has 1 aromatic rings. The standard InChI is InChI=1S/C15H25NO.ClH/c1-3-4-5-6-7-11-16-13-14-9-8-10-15(12-14)17-2;/h8-10,12,16H,3-7,11,13H2,1-2H3;1H. The van der Waals surface area contributed by atoms with E-state index in [-0.39, 0.29) is 12.4 Å². The fourth-order valence-electron chi connectivity index (χ4n) is 1.87. The number of hydrogen-bond donors (Lipinski definition) is 1. The smallest absolute Gasteiger partial charge is 0.119 e. The molecule has 0 heterocycles. The van der Waals surface area contributed by atoms with Gasteiger partial charge in [-0.3, -0.25) is 0 Å². The summed E-state index contributed by atoms with van der Waals surface area (Å²) >= 11 is 0. The van der Waals surface area contributed by atoms with Crippen LogP contribution in [0, 0.1) is 0 Å². The first-order chi connectivity index (χ1) is 8.36. The Kier molecular flexibility index (Phi) is 10.9. The quantitative estimate of drug-likeness (QED) is 0.681. The van der Waals surface area contributed by atoms with Gasteiger partial charge in [-0.05, 0) is 30.7 Å². The minimum atomic E-state index is 0. The highest BCUT2D eigenvalue weighted by Crippen LogP contribution is 2.12. The van der Waals surface area contributed by atoms with E-state index in [4.69, 9.17) is 4.74 Å². The molecule has 0 radical (unpaired) electrons. The first-order valence-electron chi connectivity index (χ1n) is 6.70. The molecule has 0 amide bonds. The fourth-order valence-corrected chi connectivity index (χ4v) is 1.87. The Hall–Kier alpha value is -0.730. The predicted octanol–water partition coefficient (Wildman–Crippen LogP) is 4.18. The Morgan fingerprint density at radius 2 is 1.89 bits per heavy atom. The molecule has 0 aliphatic heterocycles. The number of unbranched alkanes of at least 4 members (excludes halogenated alkanes) is 4. The summed E-state index contributed by atoms with van der Waals surface area (Å²) < 4.78 is 5.20. The Labute approximate surface area is 118 Å². The van der Waals surface area contributed by atoms with Crippen LogP contribution in [-0.2, 0) is 6.54 Å². The van der Waals surface area contributed by atoms with Crippen LogP contribution < -0.4 is 10.1 Å². The largest absolute Gasteiger partial charge is 0.497 e. The first kappa shape index (κ1) is 17.3. The van der Waals surface area contributed by atoms with Crippen molar-refractivity contribution in [2.45, 2.75) is 45.6 Å². The highest BCUT2D eigenvalue weighted by Gasteiger charge is 1.95. The zero-order valence-corrected chi connectivity index (χ0v) is 12.4. The van der Waals surface area contributed by atoms with Crippen molar-refractivity contribution >= 4 is 12.4 Å². The predicted molar refractivity (Wildman–Crippen MR) is 80.7 cm³/mol. The van der Waals surface area contributed by atoms with Crippen LogP contribution in [0.1, 0.15) is 44.6 Å². The number of nitrogens with one attached hydrogen (secondary N) is 1. The molecule has 0 aromatic heterocycles. The van der Waals surface area contributed by atoms with Crippen molar-refractivity contribution in [2.75, 3.05) is 13.7 Å². The molecule has 104 valence electrons. The van der Waals surface area contributed by atoms with Crippen LogP contribution in [0.2, 0.25) is 0 Å². The number of ether oxygens (including phenoxy) is 1. The molecule has 0 bridgehead atoms. The summed E-state index contributed by atoms with van der Waals surface area (Å²) in [5.41, 5.74) is 1.29. The van der Waals surface area contributed by atoms with Gasteiger partial charge in [-0.25, -0.2) is 0 Å². The van der Waals surface area contributed by atoms with E-state index in [9.17, 15) is 0 Å². The summed E-state index contributed by atoms with van der Waals surface area (Å²) in [4.78, 5) is 0. The van der Waals surface area contributed by atoms with Crippen LogP contribution in [0.4, 0.5) is 0 Å². The van der Waals surface area contributed by atoms with Crippen molar-refractivity contribution in [1.29, 1.82) is 0 Å². The first-order valence-corrected chi connectivity index (χ1v) is 6.70. The second-order valence-corrected chi connectivity index (χ2v) is 4.44. The van der Waals surface area contributed by atoms with Crippen molar-refractivity contribution < 1.29 is 4.74 Å². The number of benzene rings is 1. The summed E-state index contributed by atoms with van der Waals surface area (Å²) in [5.74, 6) is 0.937. The molecule has 1 N–H and O–H groups in total. The molecule has 0 spiro atoms. The molecule has 0 saturated heterocycles. The minimum Gasteiger partial charge on any atom is -0.497 e. The normalized spacial score (nSPS) is 9.89. The maximum atomic E-state index is 5.20. The van der Waals surface area contributed by atoms with Crippen molar-refractivity contribution in [2.24, 2.45) is 0 Å². The second-order valence-electron chi connectivity index (χ2n) is 4.44. The topological polar surface area (TPSA) is 21.3 Å². The SMILES string of the molecule is CCCCCCCNCc1cccc(OC)c1.Cl. The van der Waals surface area contributed by atoms with Crippen molar-refractivity contribution in [3.05, 3.63) is 29.8 Å². The summed E-state index contributed by atoms with van der Waals surface area (Å²) in [6.45, 7) is 4.30. The van der Waals surface area contributed by atoms with Gasteiger partial charge in [0.05, 0.1) is 7.11 Å². The van der Waals surface area contributed by atoms with E-state index >= 15 is 0 Å². The molecule has 18 heavy (non-hydrogen) atoms. The van der Waals surface area contributed by atoms with Gasteiger partial charge in [0.1, 0.15) is 5.75 Å². The maximum absolute atomic E-state index is 5.20. The molecule has 0 aliphatic carbocycles. The van der Waals surface area contributed by atoms with Crippen LogP contribution >= 0.6 is 12.4 Å². The van der Waals surface area contributed by atoms with E-state index in [0.29, 0.717) is 0 Å². The van der Waals surface area contributed by atoms with Gasteiger partial charge in [-0.15, -0.1) is 12.4 Å². The average molecular weight is 272 g/mol. The van der Waals surface area contributed by atoms with Gasteiger partial charge < -0.3 is 10.1 Å². The maximum Gasteiger partial charge on any atom is 0.119 e. The molecular weight excluding hydrogens is 246 g/mol. The minimum absolute atomic E-state index is 0. The molecule has 1 aromatic carbocycles. The average Bonchev–Trinajstić information content (AvgIpc) is 2.38. The van der Waals surface area contributed by atoms with Crippen LogP contribution in [0.25, 0.3) is 0 Å². The van der Waals surface area contributed by atoms with Crippen LogP contribution in [0.3, 0.4) is 0 Å². The highest BCUT2D eigenvalue weighted by molar-refractivity contribution is 5.85. The Bertz CT molecular complexity index is 304. The molecule has 1 rings (SSSR count). The molecule has 2 nitrogen and oxygen atoms in total. The third-order valence-corrected chi connectivity index (χ3v) is 2.92. The summed E-state index contributed by atoms with van der Waals surface area (Å²) in [7, 11) is 1.71. The lowest BCUT2D eigenvalue weighted by atomic mass is 10.1. The lowest BCUT2D eigenvalue weighted by Crippen LogP contribution is -2.14.